The minimum Gasteiger partial charge on any atom is -0.494 e. The van der Waals surface area contributed by atoms with E-state index in [1.165, 1.54) is 11.3 Å². The van der Waals surface area contributed by atoms with Crippen molar-refractivity contribution >= 4 is 22.4 Å². The van der Waals surface area contributed by atoms with Crippen LogP contribution in [0.25, 0.3) is 11.3 Å². The van der Waals surface area contributed by atoms with Crippen LogP contribution in [-0.2, 0) is 0 Å². The molecule has 2 heterocycles. The molecule has 0 aliphatic carbocycles. The first-order chi connectivity index (χ1) is 12.0. The largest absolute Gasteiger partial charge is 0.494 e. The van der Waals surface area contributed by atoms with Crippen molar-refractivity contribution in [1.82, 2.24) is 9.97 Å². The van der Waals surface area contributed by atoms with Gasteiger partial charge >= 0.3 is 0 Å². The Morgan fingerprint density at radius 1 is 1.16 bits per heavy atom. The molecule has 128 valence electrons. The van der Waals surface area contributed by atoms with Crippen LogP contribution in [0.1, 0.15) is 28.7 Å². The van der Waals surface area contributed by atoms with Crippen molar-refractivity contribution in [3.8, 4) is 17.0 Å². The van der Waals surface area contributed by atoms with Crippen LogP contribution >= 0.6 is 11.3 Å². The number of aryl methyl sites for hydroxylation is 2. The quantitative estimate of drug-likeness (QED) is 0.735. The number of pyridine rings is 1. The van der Waals surface area contributed by atoms with E-state index in [1.54, 1.807) is 6.07 Å². The summed E-state index contributed by atoms with van der Waals surface area (Å²) in [5.74, 6) is 0.579. The van der Waals surface area contributed by atoms with Crippen molar-refractivity contribution < 1.29 is 9.53 Å². The molecule has 0 atom stereocenters. The Kier molecular flexibility index (Phi) is 5.09. The number of aromatic nitrogens is 2. The Morgan fingerprint density at radius 3 is 2.60 bits per heavy atom. The Bertz CT molecular complexity index is 868. The molecule has 0 radical (unpaired) electrons. The minimum absolute atomic E-state index is 0.251. The molecule has 1 amide bonds. The molecule has 25 heavy (non-hydrogen) atoms. The average molecular weight is 353 g/mol. The fourth-order valence-electron chi connectivity index (χ4n) is 2.47. The van der Waals surface area contributed by atoms with Crippen LogP contribution in [0.15, 0.2) is 41.8 Å². The zero-order valence-corrected chi connectivity index (χ0v) is 15.2. The standard InChI is InChI=1S/C19H19N3O2S/c1-4-24-15-7-5-14(6-8-15)17-11-25-19(21-17)22-18(23)16-10-12(2)9-13(3)20-16/h5-11H,4H2,1-3H3,(H,21,22,23). The number of anilines is 1. The summed E-state index contributed by atoms with van der Waals surface area (Å²) in [5.41, 5.74) is 4.02. The van der Waals surface area contributed by atoms with Gasteiger partial charge in [0.2, 0.25) is 0 Å². The van der Waals surface area contributed by atoms with E-state index in [-0.39, 0.29) is 5.91 Å². The summed E-state index contributed by atoms with van der Waals surface area (Å²) >= 11 is 1.39. The van der Waals surface area contributed by atoms with Gasteiger partial charge in [0.1, 0.15) is 11.4 Å². The highest BCUT2D eigenvalue weighted by molar-refractivity contribution is 7.14. The molecule has 1 N–H and O–H groups in total. The smallest absolute Gasteiger partial charge is 0.276 e. The number of thiazole rings is 1. The van der Waals surface area contributed by atoms with E-state index in [0.29, 0.717) is 17.4 Å². The summed E-state index contributed by atoms with van der Waals surface area (Å²) in [5, 5.41) is 5.28. The van der Waals surface area contributed by atoms with E-state index in [2.05, 4.69) is 15.3 Å². The lowest BCUT2D eigenvalue weighted by atomic mass is 10.2. The van der Waals surface area contributed by atoms with Gasteiger partial charge in [0, 0.05) is 16.6 Å². The van der Waals surface area contributed by atoms with Gasteiger partial charge in [-0.15, -0.1) is 11.3 Å². The highest BCUT2D eigenvalue weighted by Crippen LogP contribution is 2.26. The summed E-state index contributed by atoms with van der Waals surface area (Å²) < 4.78 is 5.44. The normalized spacial score (nSPS) is 10.5. The molecule has 0 fully saturated rings. The summed E-state index contributed by atoms with van der Waals surface area (Å²) in [6.07, 6.45) is 0. The number of nitrogens with zero attached hydrogens (tertiary/aromatic N) is 2. The predicted octanol–water partition coefficient (Wildman–Crippen LogP) is 4.47. The second-order valence-electron chi connectivity index (χ2n) is 5.62. The maximum atomic E-state index is 12.4. The van der Waals surface area contributed by atoms with Gasteiger partial charge in [-0.3, -0.25) is 10.1 Å². The fourth-order valence-corrected chi connectivity index (χ4v) is 3.19. The Balaban J connectivity index is 1.73. The molecule has 0 saturated carbocycles. The van der Waals surface area contributed by atoms with Crippen molar-refractivity contribution in [1.29, 1.82) is 0 Å². The van der Waals surface area contributed by atoms with Crippen LogP contribution in [0.2, 0.25) is 0 Å². The van der Waals surface area contributed by atoms with Crippen molar-refractivity contribution in [2.24, 2.45) is 0 Å². The van der Waals surface area contributed by atoms with Crippen LogP contribution < -0.4 is 10.1 Å². The van der Waals surface area contributed by atoms with Gasteiger partial charge in [0.05, 0.1) is 12.3 Å². The van der Waals surface area contributed by atoms with E-state index in [9.17, 15) is 4.79 Å². The van der Waals surface area contributed by atoms with E-state index < -0.39 is 0 Å². The third kappa shape index (κ3) is 4.22. The van der Waals surface area contributed by atoms with Crippen molar-refractivity contribution in [2.45, 2.75) is 20.8 Å². The lowest BCUT2D eigenvalue weighted by Gasteiger charge is -2.04. The first-order valence-corrected chi connectivity index (χ1v) is 8.88. The van der Waals surface area contributed by atoms with Gasteiger partial charge < -0.3 is 4.74 Å². The minimum atomic E-state index is -0.251. The van der Waals surface area contributed by atoms with Gasteiger partial charge in [-0.05, 0) is 62.7 Å². The number of carbonyl (C=O) groups is 1. The zero-order chi connectivity index (χ0) is 17.8. The second kappa shape index (κ2) is 7.44. The van der Waals surface area contributed by atoms with E-state index in [0.717, 1.165) is 28.3 Å². The molecule has 1 aromatic carbocycles. The third-order valence-corrected chi connectivity index (χ3v) is 4.27. The molecule has 0 bridgehead atoms. The molecule has 3 rings (SSSR count). The van der Waals surface area contributed by atoms with Crippen LogP contribution in [0, 0.1) is 13.8 Å². The van der Waals surface area contributed by atoms with Crippen molar-refractivity contribution in [3.05, 3.63) is 58.7 Å². The number of benzene rings is 1. The zero-order valence-electron chi connectivity index (χ0n) is 14.4. The van der Waals surface area contributed by atoms with Crippen LogP contribution in [0.5, 0.6) is 5.75 Å². The summed E-state index contributed by atoms with van der Waals surface area (Å²) in [6, 6.07) is 11.4. The van der Waals surface area contributed by atoms with Crippen LogP contribution in [-0.4, -0.2) is 22.5 Å². The summed E-state index contributed by atoms with van der Waals surface area (Å²) in [4.78, 5) is 21.1. The monoisotopic (exact) mass is 353 g/mol. The van der Waals surface area contributed by atoms with Crippen molar-refractivity contribution in [2.75, 3.05) is 11.9 Å². The van der Waals surface area contributed by atoms with Crippen molar-refractivity contribution in [3.63, 3.8) is 0 Å². The lowest BCUT2D eigenvalue weighted by molar-refractivity contribution is 0.102. The van der Waals surface area contributed by atoms with E-state index >= 15 is 0 Å². The fraction of sp³-hybridized carbons (Fsp3) is 0.211. The molecule has 0 saturated heterocycles. The maximum Gasteiger partial charge on any atom is 0.276 e. The number of hydrogen-bond donors (Lipinski definition) is 1. The van der Waals surface area contributed by atoms with E-state index in [4.69, 9.17) is 4.74 Å². The summed E-state index contributed by atoms with van der Waals surface area (Å²) in [7, 11) is 0. The topological polar surface area (TPSA) is 64.1 Å². The number of nitrogens with one attached hydrogen (secondary N) is 1. The molecule has 0 aliphatic rings. The maximum absolute atomic E-state index is 12.4. The first kappa shape index (κ1) is 17.1. The average Bonchev–Trinajstić information content (AvgIpc) is 3.03. The number of carbonyl (C=O) groups excluding carboxylic acids is 1. The molecular formula is C19H19N3O2S. The number of rotatable bonds is 5. The number of hydrogen-bond acceptors (Lipinski definition) is 5. The van der Waals surface area contributed by atoms with Gasteiger partial charge in [0.15, 0.2) is 5.13 Å². The predicted molar refractivity (Wildman–Crippen MR) is 100 cm³/mol. The second-order valence-corrected chi connectivity index (χ2v) is 6.48. The number of amides is 1. The highest BCUT2D eigenvalue weighted by atomic mass is 32.1. The molecule has 2 aromatic heterocycles. The molecule has 0 unspecified atom stereocenters. The SMILES string of the molecule is CCOc1ccc(-c2csc(NC(=O)c3cc(C)cc(C)n3)n2)cc1. The molecule has 6 heteroatoms. The van der Waals surface area contributed by atoms with Gasteiger partial charge in [0.25, 0.3) is 5.91 Å². The van der Waals surface area contributed by atoms with Gasteiger partial charge in [-0.25, -0.2) is 9.97 Å². The van der Waals surface area contributed by atoms with E-state index in [1.807, 2.05) is 56.5 Å². The molecule has 0 spiro atoms. The third-order valence-electron chi connectivity index (χ3n) is 3.52. The molecule has 3 aromatic rings. The highest BCUT2D eigenvalue weighted by Gasteiger charge is 2.12. The van der Waals surface area contributed by atoms with Crippen LogP contribution in [0.4, 0.5) is 5.13 Å². The Labute approximate surface area is 150 Å². The molecular weight excluding hydrogens is 334 g/mol. The first-order valence-electron chi connectivity index (χ1n) is 8.00. The Morgan fingerprint density at radius 2 is 1.92 bits per heavy atom. The van der Waals surface area contributed by atoms with Crippen LogP contribution in [0.3, 0.4) is 0 Å². The lowest BCUT2D eigenvalue weighted by Crippen LogP contribution is -2.14. The van der Waals surface area contributed by atoms with Gasteiger partial charge in [-0.2, -0.15) is 0 Å². The molecule has 0 aliphatic heterocycles. The van der Waals surface area contributed by atoms with Gasteiger partial charge in [-0.1, -0.05) is 0 Å². The number of ether oxygens (including phenoxy) is 1. The molecule has 5 nitrogen and oxygen atoms in total. The summed E-state index contributed by atoms with van der Waals surface area (Å²) in [6.45, 7) is 6.41. The Hall–Kier alpha value is -2.73.